The lowest BCUT2D eigenvalue weighted by atomic mass is 9.90. The van der Waals surface area contributed by atoms with Gasteiger partial charge in [0.1, 0.15) is 11.4 Å². The molecule has 6 nitrogen and oxygen atoms in total. The summed E-state index contributed by atoms with van der Waals surface area (Å²) in [5.74, 6) is 0.924. The number of morpholine rings is 1. The fourth-order valence-corrected chi connectivity index (χ4v) is 3.80. The van der Waals surface area contributed by atoms with Crippen molar-refractivity contribution in [2.45, 2.75) is 51.7 Å². The summed E-state index contributed by atoms with van der Waals surface area (Å²) in [6, 6.07) is 0.257. The first-order valence-electron chi connectivity index (χ1n) is 8.13. The summed E-state index contributed by atoms with van der Waals surface area (Å²) in [5.41, 5.74) is 1.74. The Hall–Kier alpha value is -1.56. The molecular weight excluding hydrogens is 282 g/mol. The van der Waals surface area contributed by atoms with Gasteiger partial charge in [0.25, 0.3) is 0 Å². The van der Waals surface area contributed by atoms with Gasteiger partial charge in [0.05, 0.1) is 25.3 Å². The van der Waals surface area contributed by atoms with E-state index in [0.717, 1.165) is 30.0 Å². The number of ether oxygens (including phenoxy) is 1. The molecule has 0 unspecified atom stereocenters. The molecule has 2 heterocycles. The van der Waals surface area contributed by atoms with E-state index < -0.39 is 0 Å². The van der Waals surface area contributed by atoms with Crippen LogP contribution in [-0.2, 0) is 9.53 Å². The van der Waals surface area contributed by atoms with Crippen molar-refractivity contribution in [3.05, 3.63) is 11.5 Å². The predicted octanol–water partition coefficient (Wildman–Crippen LogP) is 1.90. The maximum absolute atomic E-state index is 12.8. The molecule has 1 aliphatic carbocycles. The molecule has 1 aliphatic heterocycles. The van der Waals surface area contributed by atoms with Crippen molar-refractivity contribution in [1.29, 1.82) is 0 Å². The summed E-state index contributed by atoms with van der Waals surface area (Å²) in [7, 11) is 1.92. The minimum Gasteiger partial charge on any atom is -0.374 e. The van der Waals surface area contributed by atoms with Gasteiger partial charge in [-0.05, 0) is 26.7 Å². The van der Waals surface area contributed by atoms with Crippen LogP contribution in [0.3, 0.4) is 0 Å². The van der Waals surface area contributed by atoms with Crippen LogP contribution in [0.5, 0.6) is 0 Å². The number of hydrogen-bond donors (Lipinski definition) is 0. The highest BCUT2D eigenvalue weighted by Crippen LogP contribution is 2.29. The van der Waals surface area contributed by atoms with E-state index in [0.29, 0.717) is 19.7 Å². The highest BCUT2D eigenvalue weighted by Gasteiger charge is 2.36. The Morgan fingerprint density at radius 1 is 1.36 bits per heavy atom. The fourth-order valence-electron chi connectivity index (χ4n) is 3.80. The molecule has 0 radical (unpaired) electrons. The Kier molecular flexibility index (Phi) is 4.38. The summed E-state index contributed by atoms with van der Waals surface area (Å²) in [4.78, 5) is 16.7. The number of carbonyl (C=O) groups excluding carboxylic acids is 1. The second-order valence-electron chi connectivity index (χ2n) is 6.38. The normalized spacial score (nSPS) is 25.0. The number of nitrogens with zero attached hydrogens (tertiary/aromatic N) is 3. The van der Waals surface area contributed by atoms with Gasteiger partial charge in [0.15, 0.2) is 5.76 Å². The van der Waals surface area contributed by atoms with Crippen molar-refractivity contribution < 1.29 is 14.1 Å². The lowest BCUT2D eigenvalue weighted by Gasteiger charge is -2.44. The third kappa shape index (κ3) is 2.84. The van der Waals surface area contributed by atoms with Gasteiger partial charge in [-0.2, -0.15) is 0 Å². The van der Waals surface area contributed by atoms with Crippen LogP contribution in [0.4, 0.5) is 5.69 Å². The van der Waals surface area contributed by atoms with Gasteiger partial charge in [0, 0.05) is 13.6 Å². The molecule has 122 valence electrons. The fraction of sp³-hybridized carbons (Fsp3) is 0.750. The van der Waals surface area contributed by atoms with Crippen molar-refractivity contribution in [3.8, 4) is 0 Å². The average molecular weight is 307 g/mol. The van der Waals surface area contributed by atoms with Crippen LogP contribution in [0, 0.1) is 13.8 Å². The standard InChI is InChI=1S/C16H25N3O3/c1-11-16(12(2)22-17-11)18(3)10-15(20)19-8-9-21-14-7-5-4-6-13(14)19/h13-14H,4-10H2,1-3H3/t13-,14-/m0/s1. The highest BCUT2D eigenvalue weighted by molar-refractivity contribution is 5.82. The van der Waals surface area contributed by atoms with E-state index >= 15 is 0 Å². The summed E-state index contributed by atoms with van der Waals surface area (Å²) < 4.78 is 11.0. The molecular formula is C16H25N3O3. The van der Waals surface area contributed by atoms with Crippen LogP contribution in [-0.4, -0.2) is 54.9 Å². The number of fused-ring (bicyclic) bond motifs is 1. The van der Waals surface area contributed by atoms with E-state index in [1.54, 1.807) is 0 Å². The molecule has 2 aliphatic rings. The monoisotopic (exact) mass is 307 g/mol. The van der Waals surface area contributed by atoms with Gasteiger partial charge >= 0.3 is 0 Å². The number of hydrogen-bond acceptors (Lipinski definition) is 5. The second-order valence-corrected chi connectivity index (χ2v) is 6.38. The summed E-state index contributed by atoms with van der Waals surface area (Å²) in [6.07, 6.45) is 4.77. The molecule has 0 N–H and O–H groups in total. The lowest BCUT2D eigenvalue weighted by Crippen LogP contribution is -2.56. The Labute approximate surface area is 131 Å². The molecule has 1 saturated heterocycles. The highest BCUT2D eigenvalue weighted by atomic mass is 16.5. The Morgan fingerprint density at radius 2 is 2.14 bits per heavy atom. The number of aromatic nitrogens is 1. The molecule has 1 saturated carbocycles. The Balaban J connectivity index is 1.68. The topological polar surface area (TPSA) is 58.8 Å². The van der Waals surface area contributed by atoms with E-state index in [2.05, 4.69) is 5.16 Å². The van der Waals surface area contributed by atoms with Gasteiger partial charge in [0.2, 0.25) is 5.91 Å². The molecule has 22 heavy (non-hydrogen) atoms. The van der Waals surface area contributed by atoms with Crippen LogP contribution in [0.25, 0.3) is 0 Å². The average Bonchev–Trinajstić information content (AvgIpc) is 2.85. The van der Waals surface area contributed by atoms with E-state index in [1.165, 1.54) is 12.8 Å². The van der Waals surface area contributed by atoms with E-state index in [-0.39, 0.29) is 18.1 Å². The van der Waals surface area contributed by atoms with Crippen molar-refractivity contribution in [1.82, 2.24) is 10.1 Å². The molecule has 0 aromatic carbocycles. The van der Waals surface area contributed by atoms with Crippen molar-refractivity contribution in [2.75, 3.05) is 31.6 Å². The summed E-state index contributed by atoms with van der Waals surface area (Å²) >= 11 is 0. The van der Waals surface area contributed by atoms with Crippen molar-refractivity contribution in [3.63, 3.8) is 0 Å². The first-order valence-corrected chi connectivity index (χ1v) is 8.13. The molecule has 6 heteroatoms. The molecule has 3 rings (SSSR count). The van der Waals surface area contributed by atoms with Gasteiger partial charge < -0.3 is 19.1 Å². The third-order valence-electron chi connectivity index (χ3n) is 4.80. The first-order chi connectivity index (χ1) is 10.6. The Morgan fingerprint density at radius 3 is 2.86 bits per heavy atom. The van der Waals surface area contributed by atoms with Crippen LogP contribution >= 0.6 is 0 Å². The van der Waals surface area contributed by atoms with Gasteiger partial charge in [-0.25, -0.2) is 0 Å². The van der Waals surface area contributed by atoms with Crippen LogP contribution in [0.2, 0.25) is 0 Å². The minimum absolute atomic E-state index is 0.169. The Bertz CT molecular complexity index is 521. The van der Waals surface area contributed by atoms with Gasteiger partial charge in [-0.1, -0.05) is 18.0 Å². The molecule has 0 spiro atoms. The first kappa shape index (κ1) is 15.3. The van der Waals surface area contributed by atoms with Crippen LogP contribution in [0.15, 0.2) is 4.52 Å². The number of carbonyl (C=O) groups is 1. The molecule has 1 aromatic heterocycles. The minimum atomic E-state index is 0.169. The lowest BCUT2D eigenvalue weighted by molar-refractivity contribution is -0.148. The maximum atomic E-state index is 12.8. The SMILES string of the molecule is Cc1noc(C)c1N(C)CC(=O)N1CCO[C@H]2CCCC[C@@H]21. The van der Waals surface area contributed by atoms with Crippen LogP contribution < -0.4 is 4.90 Å². The largest absolute Gasteiger partial charge is 0.374 e. The smallest absolute Gasteiger partial charge is 0.242 e. The van der Waals surface area contributed by atoms with Crippen LogP contribution in [0.1, 0.15) is 37.1 Å². The van der Waals surface area contributed by atoms with E-state index in [4.69, 9.17) is 9.26 Å². The zero-order chi connectivity index (χ0) is 15.7. The molecule has 1 aromatic rings. The molecule has 1 amide bonds. The molecule has 2 atom stereocenters. The third-order valence-corrected chi connectivity index (χ3v) is 4.80. The number of rotatable bonds is 3. The van der Waals surface area contributed by atoms with Gasteiger partial charge in [-0.15, -0.1) is 0 Å². The predicted molar refractivity (Wildman–Crippen MR) is 83.0 cm³/mol. The number of anilines is 1. The number of amides is 1. The number of likely N-dealkylation sites (N-methyl/N-ethyl adjacent to an activating group) is 1. The molecule has 2 fully saturated rings. The van der Waals surface area contributed by atoms with Crippen molar-refractivity contribution >= 4 is 11.6 Å². The zero-order valence-electron chi connectivity index (χ0n) is 13.7. The molecule has 0 bridgehead atoms. The maximum Gasteiger partial charge on any atom is 0.242 e. The number of aryl methyl sites for hydroxylation is 2. The zero-order valence-corrected chi connectivity index (χ0v) is 13.7. The summed E-state index contributed by atoms with van der Waals surface area (Å²) in [5, 5.41) is 3.96. The van der Waals surface area contributed by atoms with E-state index in [9.17, 15) is 4.79 Å². The van der Waals surface area contributed by atoms with Gasteiger partial charge in [-0.3, -0.25) is 4.79 Å². The van der Waals surface area contributed by atoms with Crippen molar-refractivity contribution in [2.24, 2.45) is 0 Å². The van der Waals surface area contributed by atoms with E-state index in [1.807, 2.05) is 30.7 Å². The quantitative estimate of drug-likeness (QED) is 0.853. The second kappa shape index (κ2) is 6.28. The summed E-state index contributed by atoms with van der Waals surface area (Å²) in [6.45, 7) is 5.49.